The Hall–Kier alpha value is -0.590. The van der Waals surface area contributed by atoms with Crippen molar-refractivity contribution in [3.05, 3.63) is 35.9 Å². The molecule has 1 aromatic rings. The maximum atomic E-state index is 5.17. The molecule has 5 heteroatoms. The molecule has 0 radical (unpaired) electrons. The van der Waals surface area contributed by atoms with Crippen LogP contribution in [0.1, 0.15) is 140 Å². The molecule has 1 atom stereocenters. The van der Waals surface area contributed by atoms with E-state index in [1.54, 1.807) is 21.3 Å². The summed E-state index contributed by atoms with van der Waals surface area (Å²) >= 11 is 1.86. The van der Waals surface area contributed by atoms with E-state index < -0.39 is 0 Å². The van der Waals surface area contributed by atoms with Crippen LogP contribution in [0, 0.1) is 0 Å². The lowest BCUT2D eigenvalue weighted by Gasteiger charge is -2.08. The molecule has 0 bridgehead atoms. The largest absolute Gasteiger partial charge is 0.385 e. The van der Waals surface area contributed by atoms with Crippen LogP contribution in [0.15, 0.2) is 30.3 Å². The lowest BCUT2D eigenvalue weighted by Crippen LogP contribution is -2.05. The van der Waals surface area contributed by atoms with Gasteiger partial charge in [0.25, 0.3) is 0 Å². The van der Waals surface area contributed by atoms with E-state index in [4.69, 9.17) is 9.47 Å². The van der Waals surface area contributed by atoms with Gasteiger partial charge in [0.2, 0.25) is 0 Å². The molecule has 0 aliphatic carbocycles. The molecule has 1 unspecified atom stereocenters. The van der Waals surface area contributed by atoms with E-state index in [9.17, 15) is 0 Å². The molecule has 0 amide bonds. The molecule has 1 N–H and O–H groups in total. The summed E-state index contributed by atoms with van der Waals surface area (Å²) in [6.45, 7) is 18.5. The Labute approximate surface area is 272 Å². The van der Waals surface area contributed by atoms with Gasteiger partial charge in [0.05, 0.1) is 12.2 Å². The van der Waals surface area contributed by atoms with E-state index in [0.717, 1.165) is 26.0 Å². The number of hydrogen-bond acceptors (Lipinski definition) is 5. The smallest absolute Gasteiger partial charge is 0.0546 e. The van der Waals surface area contributed by atoms with Crippen molar-refractivity contribution in [3.8, 4) is 0 Å². The monoisotopic (exact) mass is 620 g/mol. The fraction of sp³-hybridized carbons (Fsp3) is 0.833. The molecule has 4 nitrogen and oxygen atoms in total. The Balaban J connectivity index is -0.0000000216. The summed E-state index contributed by atoms with van der Waals surface area (Å²) < 4.78 is 14.5. The zero-order valence-electron chi connectivity index (χ0n) is 24.6. The number of thioether (sulfide) groups is 1. The number of ether oxygens (including phenoxy) is 3. The van der Waals surface area contributed by atoms with Crippen molar-refractivity contribution in [2.24, 2.45) is 0 Å². The second-order valence-electron chi connectivity index (χ2n) is 7.22. The summed E-state index contributed by atoms with van der Waals surface area (Å²) in [4.78, 5) is 0. The summed E-state index contributed by atoms with van der Waals surface area (Å²) in [5, 5.41) is 2.93. The van der Waals surface area contributed by atoms with Gasteiger partial charge in [-0.25, -0.2) is 0 Å². The third-order valence-corrected chi connectivity index (χ3v) is 4.56. The molecule has 41 heavy (non-hydrogen) atoms. The molecule has 0 saturated carbocycles. The van der Waals surface area contributed by atoms with Gasteiger partial charge in [-0.1, -0.05) is 130 Å². The second kappa shape index (κ2) is 90.1. The van der Waals surface area contributed by atoms with Crippen LogP contribution in [-0.2, 0) is 20.6 Å². The van der Waals surface area contributed by atoms with Gasteiger partial charge in [-0.2, -0.15) is 11.8 Å². The number of hydrogen-bond donors (Lipinski definition) is 1. The van der Waals surface area contributed by atoms with Crippen LogP contribution < -0.4 is 5.32 Å². The van der Waals surface area contributed by atoms with Crippen LogP contribution in [-0.4, -0.2) is 65.7 Å². The van der Waals surface area contributed by atoms with Crippen molar-refractivity contribution in [1.82, 2.24) is 5.32 Å². The molecular weight excluding hydrogens is 526 g/mol. The van der Waals surface area contributed by atoms with E-state index in [-0.39, 0.29) is 59.4 Å². The fourth-order valence-corrected chi connectivity index (χ4v) is 1.13. The highest BCUT2D eigenvalue weighted by molar-refractivity contribution is 7.98. The van der Waals surface area contributed by atoms with Gasteiger partial charge in [-0.15, -0.1) is 0 Å². The first kappa shape index (κ1) is 83.5. The number of benzene rings is 1. The van der Waals surface area contributed by atoms with Crippen LogP contribution in [0.5, 0.6) is 0 Å². The first-order valence-electron chi connectivity index (χ1n) is 12.5. The minimum Gasteiger partial charge on any atom is -0.385 e. The molecule has 0 heterocycles. The average Bonchev–Trinajstić information content (AvgIpc) is 2.88. The molecule has 0 aliphatic heterocycles. The quantitative estimate of drug-likeness (QED) is 0.298. The minimum atomic E-state index is 0. The topological polar surface area (TPSA) is 39.7 Å². The van der Waals surface area contributed by atoms with Crippen molar-refractivity contribution >= 4 is 11.8 Å². The van der Waals surface area contributed by atoms with E-state index in [0.29, 0.717) is 12.2 Å². The van der Waals surface area contributed by atoms with Crippen LogP contribution in [0.3, 0.4) is 0 Å². The molecule has 0 aliphatic rings. The zero-order valence-corrected chi connectivity index (χ0v) is 25.4. The Morgan fingerprint density at radius 3 is 1.20 bits per heavy atom. The number of rotatable bonds is 9. The normalized spacial score (nSPS) is 7.85. The summed E-state index contributed by atoms with van der Waals surface area (Å²) in [7, 11) is 7.07. The van der Waals surface area contributed by atoms with Crippen LogP contribution in [0.25, 0.3) is 0 Å². The third-order valence-electron chi connectivity index (χ3n) is 3.99. The first-order valence-corrected chi connectivity index (χ1v) is 13.9. The number of methoxy groups -OCH3 is 3. The average molecular weight is 620 g/mol. The molecule has 0 aromatic heterocycles. The SMILES string of the molecule is C.C.C.C.C.C.C.C.CCCC.CCNC.CCOC.CCSC.COC(C)C.COC(C)CCc1ccccc1. The Morgan fingerprint density at radius 2 is 1.02 bits per heavy atom. The highest BCUT2D eigenvalue weighted by Crippen LogP contribution is 2.05. The van der Waals surface area contributed by atoms with E-state index >= 15 is 0 Å². The molecule has 0 saturated heterocycles. The molecule has 266 valence electrons. The van der Waals surface area contributed by atoms with Gasteiger partial charge in [0.1, 0.15) is 0 Å². The molecule has 1 aromatic carbocycles. The minimum absolute atomic E-state index is 0. The van der Waals surface area contributed by atoms with Crippen molar-refractivity contribution in [2.75, 3.05) is 53.5 Å². The molecule has 0 spiro atoms. The van der Waals surface area contributed by atoms with Crippen molar-refractivity contribution in [1.29, 1.82) is 0 Å². The molecular formula is C36H93NO3S. The predicted molar refractivity (Wildman–Crippen MR) is 209 cm³/mol. The number of aryl methyl sites for hydroxylation is 1. The summed E-state index contributed by atoms with van der Waals surface area (Å²) in [6.07, 6.45) is 7.69. The van der Waals surface area contributed by atoms with E-state index in [1.807, 2.05) is 45.6 Å². The Kier molecular flexibility index (Phi) is 183. The summed E-state index contributed by atoms with van der Waals surface area (Å²) in [5.41, 5.74) is 1.39. The standard InChI is InChI=1S/C11H16O.C4H10O.C4H10.C3H9N.C3H8O.C3H8S.8CH4/c1-10(12-2)8-9-11-6-4-3-5-7-11;1-4(2)5-3;4*1-3-4-2;;;;;;;;/h3-7,10H,8-9H2,1-2H3;4H,1-3H3;3-4H2,1-2H3;4H,3H2,1-2H3;2*3H2,1-2H3;8*1H4. The van der Waals surface area contributed by atoms with Crippen LogP contribution >= 0.6 is 11.8 Å². The molecule has 0 fully saturated rings. The van der Waals surface area contributed by atoms with Crippen LogP contribution in [0.4, 0.5) is 0 Å². The first-order chi connectivity index (χ1) is 15.8. The Morgan fingerprint density at radius 1 is 0.707 bits per heavy atom. The maximum absolute atomic E-state index is 5.17. The van der Waals surface area contributed by atoms with Crippen molar-refractivity contribution in [2.45, 2.75) is 153 Å². The van der Waals surface area contributed by atoms with Gasteiger partial charge in [-0.3, -0.25) is 0 Å². The van der Waals surface area contributed by atoms with Gasteiger partial charge in [0.15, 0.2) is 0 Å². The summed E-state index contributed by atoms with van der Waals surface area (Å²) in [5.74, 6) is 1.24. The van der Waals surface area contributed by atoms with E-state index in [1.165, 1.54) is 24.2 Å². The molecule has 1 rings (SSSR count). The van der Waals surface area contributed by atoms with Gasteiger partial charge < -0.3 is 19.5 Å². The van der Waals surface area contributed by atoms with Gasteiger partial charge >= 0.3 is 0 Å². The second-order valence-corrected chi connectivity index (χ2v) is 8.37. The van der Waals surface area contributed by atoms with Crippen molar-refractivity contribution in [3.63, 3.8) is 0 Å². The zero-order chi connectivity index (χ0) is 26.8. The van der Waals surface area contributed by atoms with Gasteiger partial charge in [0, 0.05) is 27.9 Å². The highest BCUT2D eigenvalue weighted by Gasteiger charge is 1.98. The lowest BCUT2D eigenvalue weighted by molar-refractivity contribution is 0.111. The number of nitrogens with one attached hydrogen (secondary N) is 1. The summed E-state index contributed by atoms with van der Waals surface area (Å²) in [6, 6.07) is 10.5. The predicted octanol–water partition coefficient (Wildman–Crippen LogP) is 12.8. The van der Waals surface area contributed by atoms with Gasteiger partial charge in [-0.05, 0) is 71.7 Å². The highest BCUT2D eigenvalue weighted by atomic mass is 32.2. The van der Waals surface area contributed by atoms with E-state index in [2.05, 4.69) is 75.2 Å². The Bertz CT molecular complexity index is 356. The maximum Gasteiger partial charge on any atom is 0.0546 e. The van der Waals surface area contributed by atoms with Crippen molar-refractivity contribution < 1.29 is 14.2 Å². The third kappa shape index (κ3) is 132. The number of unbranched alkanes of at least 4 members (excludes halogenated alkanes) is 1. The lowest BCUT2D eigenvalue weighted by atomic mass is 10.1. The fourth-order valence-electron chi connectivity index (χ4n) is 1.13. The van der Waals surface area contributed by atoms with Crippen LogP contribution in [0.2, 0.25) is 0 Å².